The summed E-state index contributed by atoms with van der Waals surface area (Å²) < 4.78 is 36.7. The zero-order chi connectivity index (χ0) is 32.6. The van der Waals surface area contributed by atoms with Gasteiger partial charge >= 0.3 is 19.6 Å². The maximum atomic E-state index is 12.9. The van der Waals surface area contributed by atoms with Crippen LogP contribution in [0.15, 0.2) is 22.1 Å². The van der Waals surface area contributed by atoms with Gasteiger partial charge in [0.15, 0.2) is 17.2 Å². The highest BCUT2D eigenvalue weighted by Crippen LogP contribution is 2.49. The Bertz CT molecular complexity index is 1870. The summed E-state index contributed by atoms with van der Waals surface area (Å²) in [5, 5.41) is 29.4. The third kappa shape index (κ3) is 6.33. The van der Waals surface area contributed by atoms with Gasteiger partial charge in [-0.1, -0.05) is 0 Å². The molecule has 5 heterocycles. The van der Waals surface area contributed by atoms with Crippen LogP contribution in [0.3, 0.4) is 0 Å². The van der Waals surface area contributed by atoms with Crippen LogP contribution < -0.4 is 22.7 Å². The van der Waals surface area contributed by atoms with Crippen molar-refractivity contribution in [2.75, 3.05) is 24.7 Å². The largest absolute Gasteiger partial charge is 0.472 e. The van der Waals surface area contributed by atoms with Gasteiger partial charge in [-0.25, -0.2) is 20.9 Å². The molecule has 3 aromatic heterocycles. The van der Waals surface area contributed by atoms with Crippen LogP contribution in [0.5, 0.6) is 0 Å². The molecule has 0 aliphatic carbocycles. The number of fused-ring (bicyclic) bond motifs is 1. The van der Waals surface area contributed by atoms with Crippen molar-refractivity contribution in [2.24, 2.45) is 0 Å². The number of anilines is 2. The highest BCUT2D eigenvalue weighted by atomic mass is 31.2. The molecule has 0 radical (unpaired) electrons. The van der Waals surface area contributed by atoms with Crippen LogP contribution in [-0.4, -0.2) is 93.6 Å². The Morgan fingerprint density at radius 3 is 2.67 bits per heavy atom. The molecule has 0 spiro atoms. The molecule has 2 unspecified atom stereocenters. The number of imidazole rings is 1. The van der Waals surface area contributed by atoms with E-state index in [1.807, 2.05) is 0 Å². The van der Waals surface area contributed by atoms with Gasteiger partial charge in [0.1, 0.15) is 36.6 Å². The first-order chi connectivity index (χ1) is 21.3. The Morgan fingerprint density at radius 2 is 1.98 bits per heavy atom. The fraction of sp³-hybridized carbons (Fsp3) is 0.478. The molecule has 0 aromatic carbocycles. The number of H-pyrrole nitrogens is 1. The van der Waals surface area contributed by atoms with Crippen LogP contribution >= 0.6 is 7.82 Å². The minimum absolute atomic E-state index is 0.0136. The van der Waals surface area contributed by atoms with E-state index in [-0.39, 0.29) is 30.0 Å². The molecule has 21 nitrogen and oxygen atoms in total. The van der Waals surface area contributed by atoms with E-state index in [1.54, 1.807) is 0 Å². The molecule has 8 N–H and O–H groups in total. The molecule has 2 aliphatic rings. The number of aromatic amines is 1. The van der Waals surface area contributed by atoms with E-state index in [2.05, 4.69) is 24.8 Å². The minimum Gasteiger partial charge on any atom is -0.394 e. The van der Waals surface area contributed by atoms with Crippen molar-refractivity contribution < 1.29 is 43.0 Å². The Balaban J connectivity index is 1.25. The number of nitrogens with two attached hydrogens (primary N) is 2. The van der Waals surface area contributed by atoms with E-state index in [4.69, 9.17) is 41.8 Å². The van der Waals surface area contributed by atoms with E-state index in [0.29, 0.717) is 0 Å². The first kappa shape index (κ1) is 31.8. The number of hydrogen-bond donors (Lipinski definition) is 6. The summed E-state index contributed by atoms with van der Waals surface area (Å²) in [5.74, 6) is -1.68. The third-order valence-corrected chi connectivity index (χ3v) is 8.07. The number of phosphoric ester groups is 1. The zero-order valence-corrected chi connectivity index (χ0v) is 23.8. The second kappa shape index (κ2) is 12.4. The number of carbonyl (C=O) groups is 1. The number of aliphatic hydroxyl groups excluding tert-OH is 2. The fourth-order valence-corrected chi connectivity index (χ4v) is 5.84. The summed E-state index contributed by atoms with van der Waals surface area (Å²) in [7, 11) is -4.91. The van der Waals surface area contributed by atoms with Gasteiger partial charge in [0, 0.05) is 19.0 Å². The van der Waals surface area contributed by atoms with Crippen molar-refractivity contribution in [1.82, 2.24) is 29.1 Å². The van der Waals surface area contributed by atoms with Gasteiger partial charge in [-0.2, -0.15) is 15.2 Å². The number of aromatic nitrogens is 6. The second-order valence-corrected chi connectivity index (χ2v) is 11.3. The van der Waals surface area contributed by atoms with E-state index in [9.17, 15) is 34.1 Å². The number of nitrogens with zero attached hydrogens (tertiary/aromatic N) is 7. The van der Waals surface area contributed by atoms with Crippen LogP contribution in [-0.2, 0) is 23.1 Å². The smallest absolute Gasteiger partial charge is 0.394 e. The maximum Gasteiger partial charge on any atom is 0.472 e. The molecular weight excluding hydrogens is 623 g/mol. The number of hydrogen-bond acceptors (Lipinski definition) is 16. The molecule has 8 atom stereocenters. The zero-order valence-electron chi connectivity index (χ0n) is 22.9. The summed E-state index contributed by atoms with van der Waals surface area (Å²) >= 11 is 0. The average Bonchev–Trinajstić information content (AvgIpc) is 3.69. The lowest BCUT2D eigenvalue weighted by atomic mass is 10.1. The summed E-state index contributed by atoms with van der Waals surface area (Å²) in [5.41, 5.74) is 9.40. The third-order valence-electron chi connectivity index (χ3n) is 7.05. The van der Waals surface area contributed by atoms with Crippen molar-refractivity contribution in [2.45, 2.75) is 55.8 Å². The molecule has 0 saturated carbocycles. The van der Waals surface area contributed by atoms with E-state index in [1.165, 1.54) is 17.0 Å². The van der Waals surface area contributed by atoms with E-state index in [0.717, 1.165) is 10.8 Å². The van der Waals surface area contributed by atoms with Crippen molar-refractivity contribution in [3.63, 3.8) is 0 Å². The molecule has 45 heavy (non-hydrogen) atoms. The number of ether oxygens (including phenoxy) is 2. The standard InChI is InChI=1S/C23H25N10O11P/c1-27-10(4-24)18(36)9-5-32(23(38)29-19(9)25)16-3-12(13(6-34)42-16)44-45(39,40)41-7-14-11(35)2-15(43-14)33-8-28-17-20(33)30-22(26)31-21(17)37/h5,8,10-16,34-35H,2-3,6-7H2,(H,39,40)(H2,25,29,38)(H3,26,30,31,37)/t10?,11-,12-,13-,14-,15-,16-/m1/s1. The fourth-order valence-electron chi connectivity index (χ4n) is 4.88. The van der Waals surface area contributed by atoms with Gasteiger partial charge in [0.2, 0.25) is 5.95 Å². The quantitative estimate of drug-likeness (QED) is 0.0784. The van der Waals surface area contributed by atoms with Crippen molar-refractivity contribution in [1.29, 1.82) is 5.26 Å². The highest BCUT2D eigenvalue weighted by molar-refractivity contribution is 7.47. The lowest BCUT2D eigenvalue weighted by Gasteiger charge is -2.21. The van der Waals surface area contributed by atoms with Gasteiger partial charge < -0.3 is 36.0 Å². The molecule has 2 aliphatic heterocycles. The van der Waals surface area contributed by atoms with Gasteiger partial charge in [0.25, 0.3) is 11.3 Å². The normalized spacial score (nSPS) is 26.7. The van der Waals surface area contributed by atoms with E-state index < -0.39 is 92.4 Å². The van der Waals surface area contributed by atoms with Crippen LogP contribution in [0.4, 0.5) is 11.8 Å². The molecule has 2 saturated heterocycles. The Hall–Kier alpha value is -4.57. The molecule has 0 amide bonds. The Kier molecular flexibility index (Phi) is 8.80. The van der Waals surface area contributed by atoms with Crippen LogP contribution in [0.2, 0.25) is 0 Å². The van der Waals surface area contributed by atoms with Crippen molar-refractivity contribution in [3.8, 4) is 6.07 Å². The number of aliphatic hydroxyl groups is 2. The SMILES string of the molecule is [C-]#[N+]C(C#N)C(=O)c1cn([C@H]2C[C@@H](OP(=O)(O)OC[C@H]3O[C@@H](n4cnc5c(=O)[nH]c(N)nc54)C[C@H]3O)[C@@H](CO)O2)c(=O)nc1N. The first-order valence-electron chi connectivity index (χ1n) is 13.0. The predicted molar refractivity (Wildman–Crippen MR) is 147 cm³/mol. The monoisotopic (exact) mass is 648 g/mol. The number of nitrogens with one attached hydrogen (secondary N) is 1. The van der Waals surface area contributed by atoms with Crippen molar-refractivity contribution >= 4 is 36.5 Å². The van der Waals surface area contributed by atoms with Gasteiger partial charge in [-0.3, -0.25) is 37.6 Å². The number of rotatable bonds is 10. The lowest BCUT2D eigenvalue weighted by molar-refractivity contribution is -0.0564. The molecule has 0 bridgehead atoms. The number of nitriles is 1. The number of nitrogen functional groups attached to an aromatic ring is 2. The average molecular weight is 648 g/mol. The second-order valence-electron chi connectivity index (χ2n) is 9.92. The Morgan fingerprint density at radius 1 is 1.27 bits per heavy atom. The molecule has 3 aromatic rings. The molecular formula is C23H25N10O11P. The van der Waals surface area contributed by atoms with Crippen LogP contribution in [0.25, 0.3) is 16.0 Å². The summed E-state index contributed by atoms with van der Waals surface area (Å²) in [6, 6.07) is -0.231. The van der Waals surface area contributed by atoms with Gasteiger partial charge in [0.05, 0.1) is 31.2 Å². The van der Waals surface area contributed by atoms with Gasteiger partial charge in [-0.15, -0.1) is 0 Å². The molecule has 5 rings (SSSR count). The number of Topliss-reactive ketones (excluding diaryl/α,β-unsaturated/α-hetero) is 1. The highest BCUT2D eigenvalue weighted by Gasteiger charge is 2.44. The van der Waals surface area contributed by atoms with Gasteiger partial charge in [-0.05, 0) is 0 Å². The summed E-state index contributed by atoms with van der Waals surface area (Å²) in [6.45, 7) is 5.66. The van der Waals surface area contributed by atoms with E-state index >= 15 is 0 Å². The molecule has 238 valence electrons. The number of phosphoric acid groups is 1. The Labute approximate surface area is 251 Å². The van der Waals surface area contributed by atoms with Crippen LogP contribution in [0, 0.1) is 17.9 Å². The van der Waals surface area contributed by atoms with Crippen LogP contribution in [0.1, 0.15) is 35.7 Å². The lowest BCUT2D eigenvalue weighted by Crippen LogP contribution is -2.31. The maximum absolute atomic E-state index is 12.9. The predicted octanol–water partition coefficient (Wildman–Crippen LogP) is -2.03. The number of ketones is 1. The number of carbonyl (C=O) groups excluding carboxylic acids is 1. The minimum atomic E-state index is -4.91. The van der Waals surface area contributed by atoms with Crippen molar-refractivity contribution in [3.05, 3.63) is 50.3 Å². The summed E-state index contributed by atoms with van der Waals surface area (Å²) in [6.07, 6.45) is -5.13. The topological polar surface area (TPSA) is 310 Å². The molecule has 22 heteroatoms. The first-order valence-corrected chi connectivity index (χ1v) is 14.5. The molecule has 2 fully saturated rings. The summed E-state index contributed by atoms with van der Waals surface area (Å²) in [4.78, 5) is 64.3.